The number of nitrogens with one attached hydrogen (secondary N) is 1. The lowest BCUT2D eigenvalue weighted by Crippen LogP contribution is -2.37. The lowest BCUT2D eigenvalue weighted by Gasteiger charge is -2.19. The number of hydrogen-bond donors (Lipinski definition) is 1. The van der Waals surface area contributed by atoms with Gasteiger partial charge >= 0.3 is 0 Å². The molecule has 0 aromatic carbocycles. The monoisotopic (exact) mass is 293 g/mol. The van der Waals surface area contributed by atoms with Crippen LogP contribution in [0.1, 0.15) is 6.92 Å². The number of nitrogens with zero attached hydrogens (tertiary/aromatic N) is 4. The van der Waals surface area contributed by atoms with Gasteiger partial charge in [-0.2, -0.15) is 5.10 Å². The minimum absolute atomic E-state index is 0.0531. The highest BCUT2D eigenvalue weighted by Gasteiger charge is 2.19. The summed E-state index contributed by atoms with van der Waals surface area (Å²) in [5.74, 6) is -0.0531. The normalized spacial score (nSPS) is 10.6. The first-order valence-electron chi connectivity index (χ1n) is 6.28. The number of pyridine rings is 1. The van der Waals surface area contributed by atoms with Crippen LogP contribution < -0.4 is 10.2 Å². The Labute approximate surface area is 122 Å². The third-order valence-corrected chi connectivity index (χ3v) is 3.07. The van der Waals surface area contributed by atoms with Gasteiger partial charge in [0.1, 0.15) is 5.69 Å². The molecular weight excluding hydrogens is 278 g/mol. The SMILES string of the molecule is CCN(C(=O)CNC)c1cn(-c2cccnc2)nc1Cl. The number of amides is 1. The number of carbonyl (C=O) groups excluding carboxylic acids is 1. The highest BCUT2D eigenvalue weighted by molar-refractivity contribution is 6.32. The Bertz CT molecular complexity index is 584. The van der Waals surface area contributed by atoms with Crippen molar-refractivity contribution < 1.29 is 4.79 Å². The number of aromatic nitrogens is 3. The second-order valence-corrected chi connectivity index (χ2v) is 4.49. The molecule has 2 aromatic rings. The van der Waals surface area contributed by atoms with Gasteiger partial charge in [0.05, 0.1) is 24.6 Å². The zero-order valence-corrected chi connectivity index (χ0v) is 12.1. The van der Waals surface area contributed by atoms with Crippen LogP contribution in [0.3, 0.4) is 0 Å². The summed E-state index contributed by atoms with van der Waals surface area (Å²) < 4.78 is 1.61. The fraction of sp³-hybridized carbons (Fsp3) is 0.308. The van der Waals surface area contributed by atoms with Crippen LogP contribution in [0.4, 0.5) is 5.69 Å². The zero-order valence-electron chi connectivity index (χ0n) is 11.4. The van der Waals surface area contributed by atoms with Crippen molar-refractivity contribution >= 4 is 23.2 Å². The van der Waals surface area contributed by atoms with Gasteiger partial charge in [-0.25, -0.2) is 4.68 Å². The largest absolute Gasteiger partial charge is 0.311 e. The van der Waals surface area contributed by atoms with Crippen molar-refractivity contribution in [3.63, 3.8) is 0 Å². The predicted octanol–water partition coefficient (Wildman–Crippen LogP) is 1.49. The van der Waals surface area contributed by atoms with Crippen LogP contribution in [0.2, 0.25) is 5.15 Å². The topological polar surface area (TPSA) is 63.1 Å². The molecule has 0 saturated carbocycles. The Balaban J connectivity index is 2.33. The van der Waals surface area contributed by atoms with Crippen LogP contribution in [-0.4, -0.2) is 40.8 Å². The first kappa shape index (κ1) is 14.5. The van der Waals surface area contributed by atoms with E-state index in [-0.39, 0.29) is 12.5 Å². The van der Waals surface area contributed by atoms with Crippen LogP contribution in [0.15, 0.2) is 30.7 Å². The first-order valence-corrected chi connectivity index (χ1v) is 6.65. The molecule has 0 aliphatic carbocycles. The second-order valence-electron chi connectivity index (χ2n) is 4.13. The Kier molecular flexibility index (Phi) is 4.70. The van der Waals surface area contributed by atoms with E-state index in [4.69, 9.17) is 11.6 Å². The molecule has 0 fully saturated rings. The summed E-state index contributed by atoms with van der Waals surface area (Å²) in [7, 11) is 1.73. The lowest BCUT2D eigenvalue weighted by atomic mass is 10.4. The van der Waals surface area contributed by atoms with Gasteiger partial charge in [0.25, 0.3) is 0 Å². The van der Waals surface area contributed by atoms with Gasteiger partial charge in [0, 0.05) is 12.7 Å². The Morgan fingerprint density at radius 3 is 2.95 bits per heavy atom. The van der Waals surface area contributed by atoms with Crippen LogP contribution in [0, 0.1) is 0 Å². The van der Waals surface area contributed by atoms with Gasteiger partial charge in [0.2, 0.25) is 5.91 Å². The summed E-state index contributed by atoms with van der Waals surface area (Å²) in [5, 5.41) is 7.35. The number of likely N-dealkylation sites (N-methyl/N-ethyl adjacent to an activating group) is 2. The van der Waals surface area contributed by atoms with E-state index in [2.05, 4.69) is 15.4 Å². The molecule has 6 nitrogen and oxygen atoms in total. The maximum Gasteiger partial charge on any atom is 0.241 e. The van der Waals surface area contributed by atoms with Gasteiger partial charge in [-0.15, -0.1) is 0 Å². The summed E-state index contributed by atoms with van der Waals surface area (Å²) in [6.07, 6.45) is 5.10. The van der Waals surface area contributed by atoms with Crippen molar-refractivity contribution in [1.82, 2.24) is 20.1 Å². The number of halogens is 1. The van der Waals surface area contributed by atoms with Crippen molar-refractivity contribution in [3.05, 3.63) is 35.9 Å². The highest BCUT2D eigenvalue weighted by atomic mass is 35.5. The molecule has 0 spiro atoms. The van der Waals surface area contributed by atoms with E-state index in [9.17, 15) is 4.79 Å². The first-order chi connectivity index (χ1) is 9.67. The van der Waals surface area contributed by atoms with Gasteiger partial charge < -0.3 is 10.2 Å². The molecule has 1 amide bonds. The third-order valence-electron chi connectivity index (χ3n) is 2.80. The average molecular weight is 294 g/mol. The van der Waals surface area contributed by atoms with Crippen LogP contribution in [0.5, 0.6) is 0 Å². The number of rotatable bonds is 5. The maximum atomic E-state index is 12.0. The van der Waals surface area contributed by atoms with Crippen molar-refractivity contribution in [3.8, 4) is 5.69 Å². The van der Waals surface area contributed by atoms with E-state index in [1.54, 1.807) is 35.2 Å². The molecule has 0 atom stereocenters. The van der Waals surface area contributed by atoms with Crippen LogP contribution >= 0.6 is 11.6 Å². The van der Waals surface area contributed by atoms with E-state index in [1.165, 1.54) is 0 Å². The molecule has 1 N–H and O–H groups in total. The fourth-order valence-electron chi connectivity index (χ4n) is 1.87. The van der Waals surface area contributed by atoms with Crippen LogP contribution in [0.25, 0.3) is 5.69 Å². The van der Waals surface area contributed by atoms with E-state index >= 15 is 0 Å². The standard InChI is InChI=1S/C13H16ClN5O/c1-3-18(12(20)8-15-2)11-9-19(17-13(11)14)10-5-4-6-16-7-10/h4-7,9,15H,3,8H2,1-2H3. The molecule has 2 rings (SSSR count). The zero-order chi connectivity index (χ0) is 14.5. The Morgan fingerprint density at radius 1 is 1.55 bits per heavy atom. The minimum atomic E-state index is -0.0531. The quantitative estimate of drug-likeness (QED) is 0.907. The van der Waals surface area contributed by atoms with Gasteiger partial charge in [0.15, 0.2) is 5.15 Å². The van der Waals surface area contributed by atoms with Gasteiger partial charge in [-0.05, 0) is 26.1 Å². The fourth-order valence-corrected chi connectivity index (χ4v) is 2.11. The van der Waals surface area contributed by atoms with Gasteiger partial charge in [-0.3, -0.25) is 9.78 Å². The van der Waals surface area contributed by atoms with E-state index in [1.807, 2.05) is 19.1 Å². The molecular formula is C13H16ClN5O. The molecule has 106 valence electrons. The summed E-state index contributed by atoms with van der Waals surface area (Å²) in [4.78, 5) is 17.7. The van der Waals surface area contributed by atoms with E-state index in [0.29, 0.717) is 17.4 Å². The van der Waals surface area contributed by atoms with E-state index in [0.717, 1.165) is 5.69 Å². The molecule has 0 radical (unpaired) electrons. The van der Waals surface area contributed by atoms with Gasteiger partial charge in [-0.1, -0.05) is 11.6 Å². The molecule has 0 aliphatic rings. The summed E-state index contributed by atoms with van der Waals surface area (Å²) in [6, 6.07) is 3.68. The summed E-state index contributed by atoms with van der Waals surface area (Å²) in [6.45, 7) is 2.67. The maximum absolute atomic E-state index is 12.0. The number of anilines is 1. The van der Waals surface area contributed by atoms with Crippen molar-refractivity contribution in [2.24, 2.45) is 0 Å². The minimum Gasteiger partial charge on any atom is -0.311 e. The Morgan fingerprint density at radius 2 is 2.35 bits per heavy atom. The average Bonchev–Trinajstić information content (AvgIpc) is 2.83. The molecule has 0 unspecified atom stereocenters. The molecule has 0 aliphatic heterocycles. The van der Waals surface area contributed by atoms with Crippen LogP contribution in [-0.2, 0) is 4.79 Å². The molecule has 7 heteroatoms. The molecule has 20 heavy (non-hydrogen) atoms. The predicted molar refractivity (Wildman–Crippen MR) is 78.3 cm³/mol. The molecule has 2 heterocycles. The highest BCUT2D eigenvalue weighted by Crippen LogP contribution is 2.25. The molecule has 2 aromatic heterocycles. The Hall–Kier alpha value is -1.92. The second kappa shape index (κ2) is 6.49. The summed E-state index contributed by atoms with van der Waals surface area (Å²) >= 11 is 6.15. The smallest absolute Gasteiger partial charge is 0.241 e. The van der Waals surface area contributed by atoms with Crippen molar-refractivity contribution in [2.45, 2.75) is 6.92 Å². The van der Waals surface area contributed by atoms with E-state index < -0.39 is 0 Å². The third kappa shape index (κ3) is 2.97. The van der Waals surface area contributed by atoms with Crippen molar-refractivity contribution in [1.29, 1.82) is 0 Å². The molecule has 0 bridgehead atoms. The number of carbonyl (C=O) groups is 1. The summed E-state index contributed by atoms with van der Waals surface area (Å²) in [5.41, 5.74) is 1.39. The van der Waals surface area contributed by atoms with Crippen molar-refractivity contribution in [2.75, 3.05) is 25.0 Å². The molecule has 0 saturated heterocycles. The number of hydrogen-bond acceptors (Lipinski definition) is 4. The lowest BCUT2D eigenvalue weighted by molar-refractivity contribution is -0.117.